The molecule has 35 heavy (non-hydrogen) atoms. The summed E-state index contributed by atoms with van der Waals surface area (Å²) in [5.41, 5.74) is -0.894. The van der Waals surface area contributed by atoms with E-state index in [1.807, 2.05) is 6.92 Å². The maximum atomic E-state index is 13.7. The van der Waals surface area contributed by atoms with Gasteiger partial charge in [0.2, 0.25) is 5.91 Å². The van der Waals surface area contributed by atoms with Gasteiger partial charge in [-0.15, -0.1) is 0 Å². The number of nitrogens with zero attached hydrogens (tertiary/aromatic N) is 2. The van der Waals surface area contributed by atoms with E-state index in [2.05, 4.69) is 10.2 Å². The van der Waals surface area contributed by atoms with Crippen molar-refractivity contribution in [3.63, 3.8) is 0 Å². The Hall–Kier alpha value is -2.33. The molecular formula is C25H32F3N3O4. The van der Waals surface area contributed by atoms with Crippen molar-refractivity contribution in [1.82, 2.24) is 15.1 Å². The van der Waals surface area contributed by atoms with Crippen LogP contribution in [-0.4, -0.2) is 64.2 Å². The first kappa shape index (κ1) is 24.4. The minimum absolute atomic E-state index is 0.00704. The molecule has 1 aliphatic carbocycles. The van der Waals surface area contributed by atoms with E-state index in [-0.39, 0.29) is 30.5 Å². The summed E-state index contributed by atoms with van der Waals surface area (Å²) in [4.78, 5) is 28.8. The molecule has 1 spiro atoms. The monoisotopic (exact) mass is 495 g/mol. The summed E-state index contributed by atoms with van der Waals surface area (Å²) in [5.74, 6) is -0.497. The number of likely N-dealkylation sites (tertiary alicyclic amines) is 1. The van der Waals surface area contributed by atoms with Crippen molar-refractivity contribution in [3.05, 3.63) is 29.3 Å². The molecule has 1 aromatic rings. The van der Waals surface area contributed by atoms with E-state index in [1.165, 1.54) is 6.07 Å². The molecule has 3 heterocycles. The van der Waals surface area contributed by atoms with Gasteiger partial charge in [0, 0.05) is 23.6 Å². The molecular weight excluding hydrogens is 463 g/mol. The number of carbonyl (C=O) groups excluding carboxylic acids is 1. The summed E-state index contributed by atoms with van der Waals surface area (Å²) in [7, 11) is 0. The van der Waals surface area contributed by atoms with Gasteiger partial charge in [-0.2, -0.15) is 13.2 Å². The fraction of sp³-hybridized carbons (Fsp3) is 0.680. The minimum Gasteiger partial charge on any atom is -0.480 e. The van der Waals surface area contributed by atoms with Crippen molar-refractivity contribution >= 4 is 11.9 Å². The molecule has 1 amide bonds. The summed E-state index contributed by atoms with van der Waals surface area (Å²) in [6.07, 6.45) is -0.825. The van der Waals surface area contributed by atoms with Crippen LogP contribution in [0, 0.1) is 11.3 Å². The molecule has 10 heteroatoms. The Morgan fingerprint density at radius 1 is 1.26 bits per heavy atom. The molecule has 0 aromatic heterocycles. The smallest absolute Gasteiger partial charge is 0.416 e. The number of amides is 1. The molecule has 2 unspecified atom stereocenters. The van der Waals surface area contributed by atoms with Gasteiger partial charge in [0.15, 0.2) is 6.23 Å². The van der Waals surface area contributed by atoms with Crippen LogP contribution in [0.25, 0.3) is 0 Å². The predicted molar refractivity (Wildman–Crippen MR) is 120 cm³/mol. The van der Waals surface area contributed by atoms with Crippen LogP contribution in [0.1, 0.15) is 57.1 Å². The lowest BCUT2D eigenvalue weighted by Gasteiger charge is -2.37. The maximum Gasteiger partial charge on any atom is 0.416 e. The Morgan fingerprint density at radius 2 is 1.97 bits per heavy atom. The van der Waals surface area contributed by atoms with E-state index in [4.69, 9.17) is 9.84 Å². The molecule has 5 atom stereocenters. The zero-order valence-electron chi connectivity index (χ0n) is 20.0. The van der Waals surface area contributed by atoms with E-state index in [1.54, 1.807) is 11.8 Å². The Bertz CT molecular complexity index is 1010. The average molecular weight is 496 g/mol. The van der Waals surface area contributed by atoms with E-state index >= 15 is 0 Å². The van der Waals surface area contributed by atoms with Crippen LogP contribution in [0.3, 0.4) is 0 Å². The number of piperidine rings is 1. The number of hydrogen-bond donors (Lipinski definition) is 2. The molecule has 2 saturated heterocycles. The number of hydrogen-bond acceptors (Lipinski definition) is 5. The highest BCUT2D eigenvalue weighted by molar-refractivity contribution is 5.86. The first-order chi connectivity index (χ1) is 16.5. The first-order valence-corrected chi connectivity index (χ1v) is 12.4. The molecule has 3 fully saturated rings. The van der Waals surface area contributed by atoms with Crippen molar-refractivity contribution in [1.29, 1.82) is 0 Å². The second kappa shape index (κ2) is 8.65. The SMILES string of the molecule is CC1C2Oc3ccc(C(F)(F)F)cc3CN2C(=O)[C@]12CC[C@@H](N1CCC(N[C@@H](C)C(=O)O)CC1)C2. The third kappa shape index (κ3) is 4.18. The van der Waals surface area contributed by atoms with Crippen LogP contribution in [-0.2, 0) is 22.3 Å². The van der Waals surface area contributed by atoms with Gasteiger partial charge in [0.25, 0.3) is 0 Å². The third-order valence-corrected chi connectivity index (χ3v) is 8.70. The number of halogens is 3. The Labute approximate surface area is 202 Å². The molecule has 1 aromatic carbocycles. The Balaban J connectivity index is 1.26. The fourth-order valence-corrected chi connectivity index (χ4v) is 6.60. The maximum absolute atomic E-state index is 13.7. The zero-order chi connectivity index (χ0) is 25.1. The first-order valence-electron chi connectivity index (χ1n) is 12.4. The van der Waals surface area contributed by atoms with Crippen LogP contribution in [0.4, 0.5) is 13.2 Å². The second-order valence-corrected chi connectivity index (χ2v) is 10.6. The quantitative estimate of drug-likeness (QED) is 0.666. The normalized spacial score (nSPS) is 32.4. The lowest BCUT2D eigenvalue weighted by molar-refractivity contribution is -0.141. The van der Waals surface area contributed by atoms with E-state index in [0.717, 1.165) is 57.3 Å². The van der Waals surface area contributed by atoms with Crippen LogP contribution in [0.5, 0.6) is 5.75 Å². The molecule has 0 bridgehead atoms. The van der Waals surface area contributed by atoms with Crippen LogP contribution < -0.4 is 10.1 Å². The lowest BCUT2D eigenvalue weighted by Crippen LogP contribution is -2.50. The number of alkyl halides is 3. The number of aliphatic carboxylic acids is 1. The number of benzene rings is 1. The third-order valence-electron chi connectivity index (χ3n) is 8.70. The van der Waals surface area contributed by atoms with Gasteiger partial charge in [-0.1, -0.05) is 6.92 Å². The average Bonchev–Trinajstić information content (AvgIpc) is 3.35. The Kier molecular flexibility index (Phi) is 6.03. The predicted octanol–water partition coefficient (Wildman–Crippen LogP) is 3.47. The van der Waals surface area contributed by atoms with Gasteiger partial charge in [-0.25, -0.2) is 0 Å². The van der Waals surface area contributed by atoms with Gasteiger partial charge < -0.3 is 25.0 Å². The van der Waals surface area contributed by atoms with Crippen molar-refractivity contribution in [3.8, 4) is 5.75 Å². The van der Waals surface area contributed by atoms with Gasteiger partial charge in [-0.05, 0) is 70.3 Å². The topological polar surface area (TPSA) is 82.1 Å². The molecule has 4 aliphatic rings. The Morgan fingerprint density at radius 3 is 2.63 bits per heavy atom. The molecule has 192 valence electrons. The van der Waals surface area contributed by atoms with Crippen molar-refractivity contribution in [2.75, 3.05) is 13.1 Å². The van der Waals surface area contributed by atoms with E-state index in [0.29, 0.717) is 11.3 Å². The number of fused-ring (bicyclic) bond motifs is 2. The van der Waals surface area contributed by atoms with Gasteiger partial charge in [-0.3, -0.25) is 9.59 Å². The van der Waals surface area contributed by atoms with E-state index in [9.17, 15) is 22.8 Å². The van der Waals surface area contributed by atoms with Gasteiger partial charge in [0.05, 0.1) is 17.5 Å². The van der Waals surface area contributed by atoms with Crippen molar-refractivity contribution in [2.24, 2.45) is 11.3 Å². The summed E-state index contributed by atoms with van der Waals surface area (Å²) in [6.45, 7) is 5.52. The summed E-state index contributed by atoms with van der Waals surface area (Å²) >= 11 is 0. The van der Waals surface area contributed by atoms with Gasteiger partial charge >= 0.3 is 12.1 Å². The molecule has 5 rings (SSSR count). The largest absolute Gasteiger partial charge is 0.480 e. The highest BCUT2D eigenvalue weighted by Crippen LogP contribution is 2.55. The van der Waals surface area contributed by atoms with Gasteiger partial charge in [0.1, 0.15) is 11.8 Å². The molecule has 0 radical (unpaired) electrons. The van der Waals surface area contributed by atoms with Crippen LogP contribution >= 0.6 is 0 Å². The molecule has 2 N–H and O–H groups in total. The number of nitrogens with one attached hydrogen (secondary N) is 1. The summed E-state index contributed by atoms with van der Waals surface area (Å²) in [5, 5.41) is 12.3. The number of rotatable bonds is 4. The minimum atomic E-state index is -4.44. The number of ether oxygens (including phenoxy) is 1. The standard InChI is InChI=1S/C25H32F3N3O4/c1-14-21-31(13-16-11-17(25(26,27)28)3-4-20(16)35-21)23(34)24(14)8-5-19(12-24)30-9-6-18(7-10-30)29-15(2)22(32)33/h3-4,11,14-15,18-19,21,29H,5-10,12-13H2,1-2H3,(H,32,33)/t14?,15-,19+,21?,24-/m0/s1. The highest BCUT2D eigenvalue weighted by atomic mass is 19.4. The van der Waals surface area contributed by atoms with Crippen LogP contribution in [0.2, 0.25) is 0 Å². The van der Waals surface area contributed by atoms with E-state index < -0.39 is 35.4 Å². The number of carboxylic acid groups (broad SMARTS) is 1. The second-order valence-electron chi connectivity index (χ2n) is 10.6. The summed E-state index contributed by atoms with van der Waals surface area (Å²) < 4.78 is 45.7. The van der Waals surface area contributed by atoms with Crippen LogP contribution in [0.15, 0.2) is 18.2 Å². The fourth-order valence-electron chi connectivity index (χ4n) is 6.60. The number of carboxylic acids is 1. The number of carbonyl (C=O) groups is 2. The molecule has 3 aliphatic heterocycles. The molecule has 1 saturated carbocycles. The molecule has 7 nitrogen and oxygen atoms in total. The summed E-state index contributed by atoms with van der Waals surface area (Å²) in [6, 6.07) is 3.36. The lowest BCUT2D eigenvalue weighted by atomic mass is 9.76. The zero-order valence-corrected chi connectivity index (χ0v) is 20.0. The van der Waals surface area contributed by atoms with Crippen molar-refractivity contribution in [2.45, 2.75) is 83.0 Å². The highest BCUT2D eigenvalue weighted by Gasteiger charge is 2.62. The van der Waals surface area contributed by atoms with Crippen molar-refractivity contribution < 1.29 is 32.6 Å².